The Bertz CT molecular complexity index is 479. The number of nitrogens with one attached hydrogen (secondary N) is 1. The summed E-state index contributed by atoms with van der Waals surface area (Å²) in [6, 6.07) is 6.11. The number of benzene rings is 1. The molecule has 1 fully saturated rings. The van der Waals surface area contributed by atoms with Crippen LogP contribution in [0.15, 0.2) is 22.7 Å². The standard InChI is InChI=1S/C15H21BrN2O2/c1-17-8-7-15(19)18-9-3-4-13(18)12-10-11(16)5-6-14(12)20-2/h5-6,10,13,17H,3-4,7-9H2,1-2H3. The Hall–Kier alpha value is -1.07. The van der Waals surface area contributed by atoms with E-state index in [9.17, 15) is 4.79 Å². The zero-order valence-corrected chi connectivity index (χ0v) is 13.6. The molecule has 0 spiro atoms. The number of likely N-dealkylation sites (tertiary alicyclic amines) is 1. The predicted molar refractivity (Wildman–Crippen MR) is 82.9 cm³/mol. The van der Waals surface area contributed by atoms with Crippen LogP contribution in [0.5, 0.6) is 5.75 Å². The second-order valence-electron chi connectivity index (χ2n) is 4.98. The van der Waals surface area contributed by atoms with Crippen LogP contribution in [0.25, 0.3) is 0 Å². The van der Waals surface area contributed by atoms with Gasteiger partial charge in [-0.2, -0.15) is 0 Å². The van der Waals surface area contributed by atoms with Crippen LogP contribution >= 0.6 is 15.9 Å². The lowest BCUT2D eigenvalue weighted by molar-refractivity contribution is -0.132. The van der Waals surface area contributed by atoms with Gasteiger partial charge >= 0.3 is 0 Å². The van der Waals surface area contributed by atoms with Crippen molar-refractivity contribution < 1.29 is 9.53 Å². The molecule has 20 heavy (non-hydrogen) atoms. The van der Waals surface area contributed by atoms with Crippen LogP contribution in [0, 0.1) is 0 Å². The summed E-state index contributed by atoms with van der Waals surface area (Å²) in [5, 5.41) is 3.03. The molecule has 0 radical (unpaired) electrons. The smallest absolute Gasteiger partial charge is 0.224 e. The van der Waals surface area contributed by atoms with Crippen molar-refractivity contribution in [3.8, 4) is 5.75 Å². The van der Waals surface area contributed by atoms with E-state index in [2.05, 4.69) is 27.3 Å². The van der Waals surface area contributed by atoms with Crippen LogP contribution in [0.2, 0.25) is 0 Å². The summed E-state index contributed by atoms with van der Waals surface area (Å²) in [6.07, 6.45) is 2.59. The van der Waals surface area contributed by atoms with Gasteiger partial charge in [0.25, 0.3) is 0 Å². The van der Waals surface area contributed by atoms with E-state index in [1.54, 1.807) is 7.11 Å². The summed E-state index contributed by atoms with van der Waals surface area (Å²) >= 11 is 3.50. The number of carbonyl (C=O) groups excluding carboxylic acids is 1. The molecule has 0 aromatic heterocycles. The molecule has 1 aromatic carbocycles. The first-order chi connectivity index (χ1) is 9.67. The van der Waals surface area contributed by atoms with Gasteiger partial charge in [0, 0.05) is 29.5 Å². The molecule has 1 amide bonds. The number of nitrogens with zero attached hydrogens (tertiary/aromatic N) is 1. The first kappa shape index (κ1) is 15.3. The van der Waals surface area contributed by atoms with Gasteiger partial charge < -0.3 is 15.0 Å². The Morgan fingerprint density at radius 2 is 2.35 bits per heavy atom. The average molecular weight is 341 g/mol. The van der Waals surface area contributed by atoms with Crippen LogP contribution in [0.1, 0.15) is 30.9 Å². The van der Waals surface area contributed by atoms with Crippen molar-refractivity contribution in [3.05, 3.63) is 28.2 Å². The minimum absolute atomic E-state index is 0.131. The molecule has 1 N–H and O–H groups in total. The summed E-state index contributed by atoms with van der Waals surface area (Å²) in [5.41, 5.74) is 1.09. The highest BCUT2D eigenvalue weighted by atomic mass is 79.9. The van der Waals surface area contributed by atoms with E-state index < -0.39 is 0 Å². The average Bonchev–Trinajstić information content (AvgIpc) is 2.94. The van der Waals surface area contributed by atoms with Gasteiger partial charge in [-0.3, -0.25) is 4.79 Å². The molecular weight excluding hydrogens is 320 g/mol. The summed E-state index contributed by atoms with van der Waals surface area (Å²) in [6.45, 7) is 1.56. The van der Waals surface area contributed by atoms with Gasteiger partial charge in [0.05, 0.1) is 13.2 Å². The van der Waals surface area contributed by atoms with Crippen molar-refractivity contribution in [1.82, 2.24) is 10.2 Å². The second kappa shape index (κ2) is 7.09. The second-order valence-corrected chi connectivity index (χ2v) is 5.90. The fourth-order valence-electron chi connectivity index (χ4n) is 2.73. The molecular formula is C15H21BrN2O2. The quantitative estimate of drug-likeness (QED) is 0.895. The van der Waals surface area contributed by atoms with Crippen molar-refractivity contribution in [3.63, 3.8) is 0 Å². The summed E-state index contributed by atoms with van der Waals surface area (Å²) in [4.78, 5) is 14.3. The normalized spacial score (nSPS) is 18.4. The molecule has 0 saturated carbocycles. The summed E-state index contributed by atoms with van der Waals surface area (Å²) in [7, 11) is 3.54. The Morgan fingerprint density at radius 3 is 3.05 bits per heavy atom. The molecule has 1 aliphatic rings. The van der Waals surface area contributed by atoms with Gasteiger partial charge in [-0.25, -0.2) is 0 Å². The molecule has 1 aromatic rings. The number of amides is 1. The maximum absolute atomic E-state index is 12.3. The lowest BCUT2D eigenvalue weighted by Crippen LogP contribution is -2.32. The van der Waals surface area contributed by atoms with Crippen LogP contribution < -0.4 is 10.1 Å². The van der Waals surface area contributed by atoms with Crippen molar-refractivity contribution in [2.24, 2.45) is 0 Å². The molecule has 1 aliphatic heterocycles. The van der Waals surface area contributed by atoms with Gasteiger partial charge in [-0.15, -0.1) is 0 Å². The highest BCUT2D eigenvalue weighted by Crippen LogP contribution is 2.38. The molecule has 0 aliphatic carbocycles. The monoisotopic (exact) mass is 340 g/mol. The van der Waals surface area contributed by atoms with E-state index in [1.165, 1.54) is 0 Å². The third-order valence-corrected chi connectivity index (χ3v) is 4.21. The maximum atomic E-state index is 12.3. The third kappa shape index (κ3) is 3.33. The van der Waals surface area contributed by atoms with E-state index in [0.717, 1.165) is 41.7 Å². The SMILES string of the molecule is CNCCC(=O)N1CCCC1c1cc(Br)ccc1OC. The van der Waals surface area contributed by atoms with Gasteiger partial charge in [-0.1, -0.05) is 15.9 Å². The lowest BCUT2D eigenvalue weighted by atomic mass is 10.0. The molecule has 2 rings (SSSR count). The lowest BCUT2D eigenvalue weighted by Gasteiger charge is -2.26. The number of hydrogen-bond acceptors (Lipinski definition) is 3. The Balaban J connectivity index is 2.22. The molecule has 4 nitrogen and oxygen atoms in total. The molecule has 0 bridgehead atoms. The van der Waals surface area contributed by atoms with E-state index in [0.29, 0.717) is 6.42 Å². The predicted octanol–water partition coefficient (Wildman–Crippen LogP) is 2.73. The van der Waals surface area contributed by atoms with Crippen molar-refractivity contribution in [2.75, 3.05) is 27.2 Å². The van der Waals surface area contributed by atoms with Gasteiger partial charge in [0.2, 0.25) is 5.91 Å². The number of hydrogen-bond donors (Lipinski definition) is 1. The zero-order valence-electron chi connectivity index (χ0n) is 12.0. The van der Waals surface area contributed by atoms with Crippen LogP contribution in [-0.2, 0) is 4.79 Å². The van der Waals surface area contributed by atoms with Crippen molar-refractivity contribution >= 4 is 21.8 Å². The molecule has 5 heteroatoms. The van der Waals surface area contributed by atoms with Crippen molar-refractivity contribution in [1.29, 1.82) is 0 Å². The molecule has 1 atom stereocenters. The number of ether oxygens (including phenoxy) is 1. The molecule has 1 saturated heterocycles. The fourth-order valence-corrected chi connectivity index (χ4v) is 3.11. The van der Waals surface area contributed by atoms with Crippen LogP contribution in [0.3, 0.4) is 0 Å². The van der Waals surface area contributed by atoms with E-state index >= 15 is 0 Å². The minimum atomic E-state index is 0.131. The Kier molecular flexibility index (Phi) is 5.43. The van der Waals surface area contributed by atoms with Crippen LogP contribution in [0.4, 0.5) is 0 Å². The Morgan fingerprint density at radius 1 is 1.55 bits per heavy atom. The number of halogens is 1. The first-order valence-electron chi connectivity index (χ1n) is 6.95. The fraction of sp³-hybridized carbons (Fsp3) is 0.533. The topological polar surface area (TPSA) is 41.6 Å². The number of carbonyl (C=O) groups is 1. The number of methoxy groups -OCH3 is 1. The van der Waals surface area contributed by atoms with Crippen LogP contribution in [-0.4, -0.2) is 38.1 Å². The summed E-state index contributed by atoms with van der Waals surface area (Å²) < 4.78 is 6.47. The molecule has 110 valence electrons. The van der Waals surface area contributed by atoms with Crippen molar-refractivity contribution in [2.45, 2.75) is 25.3 Å². The molecule has 1 unspecified atom stereocenters. The highest BCUT2D eigenvalue weighted by Gasteiger charge is 2.31. The van der Waals surface area contributed by atoms with E-state index in [1.807, 2.05) is 24.1 Å². The summed E-state index contributed by atoms with van der Waals surface area (Å²) in [5.74, 6) is 1.07. The Labute approximate surface area is 128 Å². The largest absolute Gasteiger partial charge is 0.496 e. The maximum Gasteiger partial charge on any atom is 0.224 e. The molecule has 1 heterocycles. The van der Waals surface area contributed by atoms with Gasteiger partial charge in [-0.05, 0) is 38.1 Å². The minimum Gasteiger partial charge on any atom is -0.496 e. The van der Waals surface area contributed by atoms with E-state index in [4.69, 9.17) is 4.74 Å². The van der Waals surface area contributed by atoms with E-state index in [-0.39, 0.29) is 11.9 Å². The van der Waals surface area contributed by atoms with Gasteiger partial charge in [0.1, 0.15) is 5.75 Å². The first-order valence-corrected chi connectivity index (χ1v) is 7.74. The van der Waals surface area contributed by atoms with Gasteiger partial charge in [0.15, 0.2) is 0 Å². The number of rotatable bonds is 5. The highest BCUT2D eigenvalue weighted by molar-refractivity contribution is 9.10. The third-order valence-electron chi connectivity index (χ3n) is 3.71. The zero-order chi connectivity index (χ0) is 14.5.